The molecule has 81 heavy (non-hydrogen) atoms. The third-order valence-electron chi connectivity index (χ3n) is 15.8. The molecule has 3 unspecified atom stereocenters. The maximum atomic E-state index is 13.6. The number of likely N-dealkylation sites (N-methyl/N-ethyl adjacent to an activating group) is 1. The molecule has 0 rings (SSSR count). The number of esters is 1. The quantitative estimate of drug-likeness (QED) is 0.0212. The van der Waals surface area contributed by atoms with E-state index in [1.807, 2.05) is 33.3 Å². The lowest BCUT2D eigenvalue weighted by molar-refractivity contribution is -0.870. The Morgan fingerprint density at radius 1 is 0.432 bits per heavy atom. The molecular formula is C71H135N2O7P. The summed E-state index contributed by atoms with van der Waals surface area (Å²) in [5, 5.41) is 3.04. The Kier molecular flexibility index (Phi) is 59.5. The van der Waals surface area contributed by atoms with Crippen LogP contribution < -0.4 is 10.2 Å². The van der Waals surface area contributed by atoms with Gasteiger partial charge >= 0.3 is 5.97 Å². The first-order chi connectivity index (χ1) is 39.4. The number of phosphoric acid groups is 1. The number of amides is 1. The number of rotatable bonds is 64. The zero-order chi connectivity index (χ0) is 59.3. The summed E-state index contributed by atoms with van der Waals surface area (Å²) in [5.41, 5.74) is 0. The third-order valence-corrected chi connectivity index (χ3v) is 16.7. The van der Waals surface area contributed by atoms with Crippen molar-refractivity contribution in [3.05, 3.63) is 48.6 Å². The van der Waals surface area contributed by atoms with E-state index in [0.717, 1.165) is 83.5 Å². The topological polar surface area (TPSA) is 114 Å². The third kappa shape index (κ3) is 62.3. The molecule has 0 bridgehead atoms. The molecule has 1 N–H and O–H groups in total. The fourth-order valence-electron chi connectivity index (χ4n) is 10.4. The zero-order valence-corrected chi connectivity index (χ0v) is 55.4. The van der Waals surface area contributed by atoms with Crippen LogP contribution in [0.25, 0.3) is 0 Å². The number of hydrogen-bond donors (Lipinski definition) is 1. The fourth-order valence-corrected chi connectivity index (χ4v) is 11.1. The lowest BCUT2D eigenvalue weighted by Crippen LogP contribution is -2.47. The Bertz CT molecular complexity index is 1520. The van der Waals surface area contributed by atoms with Crippen LogP contribution in [-0.2, 0) is 27.9 Å². The van der Waals surface area contributed by atoms with Gasteiger partial charge in [-0.15, -0.1) is 0 Å². The molecule has 0 aromatic heterocycles. The molecule has 0 saturated carbocycles. The Morgan fingerprint density at radius 2 is 0.753 bits per heavy atom. The standard InChI is InChI=1S/C71H135N2O7P/c1-7-10-13-16-19-22-25-28-30-32-34-35-36-37-39-40-42-45-48-51-54-57-60-63-70(74)72-68(67-79-81(76,77)78-66-65-73(4,5)6)69(62-59-56-53-50-47-44-27-24-21-18-15-12-9-3)80-71(75)64-61-58-55-52-49-46-43-41-38-33-31-29-26-23-20-17-14-11-8-2/h20,23,29,31,38,41,59,62,68-69H,7-19,21-22,24-28,30,32-37,39-40,42-58,60-61,63-67H2,1-6H3,(H-,72,74,76,77)/b23-20-,31-29-,41-38-,62-59+. The summed E-state index contributed by atoms with van der Waals surface area (Å²) in [7, 11) is 1.19. The van der Waals surface area contributed by atoms with Gasteiger partial charge in [-0.05, 0) is 70.3 Å². The molecular weight excluding hydrogens is 1020 g/mol. The van der Waals surface area contributed by atoms with Gasteiger partial charge in [0, 0.05) is 12.8 Å². The number of ether oxygens (including phenoxy) is 1. The number of unbranched alkanes of at least 4 members (excludes halogenated alkanes) is 42. The molecule has 0 radical (unpaired) electrons. The second-order valence-electron chi connectivity index (χ2n) is 25.0. The van der Waals surface area contributed by atoms with Gasteiger partial charge < -0.3 is 28.5 Å². The summed E-state index contributed by atoms with van der Waals surface area (Å²) >= 11 is 0. The molecule has 0 saturated heterocycles. The van der Waals surface area contributed by atoms with Crippen LogP contribution in [0.1, 0.15) is 342 Å². The molecule has 0 aromatic rings. The van der Waals surface area contributed by atoms with Crippen molar-refractivity contribution in [2.45, 2.75) is 354 Å². The number of hydrogen-bond acceptors (Lipinski definition) is 7. The first-order valence-corrected chi connectivity index (χ1v) is 36.4. The second kappa shape index (κ2) is 61.1. The zero-order valence-electron chi connectivity index (χ0n) is 54.5. The predicted molar refractivity (Wildman–Crippen MR) is 349 cm³/mol. The van der Waals surface area contributed by atoms with E-state index >= 15 is 0 Å². The number of carbonyl (C=O) groups is 2. The molecule has 1 amide bonds. The van der Waals surface area contributed by atoms with Gasteiger partial charge in [-0.2, -0.15) is 0 Å². The van der Waals surface area contributed by atoms with Crippen LogP contribution >= 0.6 is 7.82 Å². The monoisotopic (exact) mass is 1160 g/mol. The molecule has 0 aromatic carbocycles. The Hall–Kier alpha value is -2.03. The molecule has 0 aliphatic heterocycles. The number of quaternary nitrogens is 1. The van der Waals surface area contributed by atoms with E-state index < -0.39 is 20.0 Å². The normalized spacial score (nSPS) is 13.8. The van der Waals surface area contributed by atoms with E-state index in [1.165, 1.54) is 225 Å². The van der Waals surface area contributed by atoms with E-state index in [1.54, 1.807) is 0 Å². The van der Waals surface area contributed by atoms with Crippen molar-refractivity contribution in [3.63, 3.8) is 0 Å². The van der Waals surface area contributed by atoms with Crippen LogP contribution in [0.5, 0.6) is 0 Å². The minimum absolute atomic E-state index is 0.0231. The average Bonchev–Trinajstić information content (AvgIpc) is 3.44. The largest absolute Gasteiger partial charge is 0.756 e. The maximum absolute atomic E-state index is 13.6. The van der Waals surface area contributed by atoms with Crippen molar-refractivity contribution in [1.82, 2.24) is 5.32 Å². The van der Waals surface area contributed by atoms with E-state index in [-0.39, 0.29) is 31.5 Å². The molecule has 9 nitrogen and oxygen atoms in total. The molecule has 0 spiro atoms. The van der Waals surface area contributed by atoms with E-state index in [0.29, 0.717) is 17.4 Å². The maximum Gasteiger partial charge on any atom is 0.306 e. The smallest absolute Gasteiger partial charge is 0.306 e. The van der Waals surface area contributed by atoms with Crippen molar-refractivity contribution < 1.29 is 37.3 Å². The highest BCUT2D eigenvalue weighted by molar-refractivity contribution is 7.45. The van der Waals surface area contributed by atoms with Crippen LogP contribution in [0.15, 0.2) is 48.6 Å². The second-order valence-corrected chi connectivity index (χ2v) is 26.5. The molecule has 0 aliphatic carbocycles. The van der Waals surface area contributed by atoms with E-state index in [2.05, 4.69) is 62.5 Å². The molecule has 10 heteroatoms. The minimum atomic E-state index is -4.70. The van der Waals surface area contributed by atoms with Crippen LogP contribution in [0.2, 0.25) is 0 Å². The predicted octanol–water partition coefficient (Wildman–Crippen LogP) is 21.4. The van der Waals surface area contributed by atoms with Crippen LogP contribution in [0.4, 0.5) is 0 Å². The highest BCUT2D eigenvalue weighted by atomic mass is 31.2. The van der Waals surface area contributed by atoms with Gasteiger partial charge in [-0.1, -0.05) is 307 Å². The van der Waals surface area contributed by atoms with Crippen molar-refractivity contribution in [2.75, 3.05) is 40.9 Å². The summed E-state index contributed by atoms with van der Waals surface area (Å²) in [4.78, 5) is 40.2. The van der Waals surface area contributed by atoms with Gasteiger partial charge in [0.2, 0.25) is 5.91 Å². The highest BCUT2D eigenvalue weighted by Crippen LogP contribution is 2.38. The summed E-state index contributed by atoms with van der Waals surface area (Å²) in [6, 6.07) is -0.892. The number of carbonyl (C=O) groups excluding carboxylic acids is 2. The SMILES string of the molecule is CCCCC/C=C\C/C=C\C/C=C\CCCCCCCCC(=O)OC(/C=C/CCCCCCCCCCCCC)C(COP(=O)([O-])OCC[N+](C)(C)C)NC(=O)CCCCCCCCCCCCCCCCCCCCCCCCC. The summed E-state index contributed by atoms with van der Waals surface area (Å²) in [5.74, 6) is -0.539. The van der Waals surface area contributed by atoms with Crippen LogP contribution in [-0.4, -0.2) is 69.4 Å². The van der Waals surface area contributed by atoms with E-state index in [9.17, 15) is 19.0 Å². The molecule has 476 valence electrons. The molecule has 0 fully saturated rings. The number of allylic oxidation sites excluding steroid dienone is 7. The lowest BCUT2D eigenvalue weighted by Gasteiger charge is -2.30. The summed E-state index contributed by atoms with van der Waals surface area (Å²) < 4.78 is 30.4. The van der Waals surface area contributed by atoms with E-state index in [4.69, 9.17) is 13.8 Å². The molecule has 0 aliphatic rings. The van der Waals surface area contributed by atoms with Gasteiger partial charge in [0.15, 0.2) is 0 Å². The van der Waals surface area contributed by atoms with Crippen molar-refractivity contribution in [1.29, 1.82) is 0 Å². The van der Waals surface area contributed by atoms with Gasteiger partial charge in [0.05, 0.1) is 33.8 Å². The first kappa shape index (κ1) is 79.0. The molecule has 3 atom stereocenters. The van der Waals surface area contributed by atoms with Crippen LogP contribution in [0, 0.1) is 0 Å². The van der Waals surface area contributed by atoms with Gasteiger partial charge in [-0.3, -0.25) is 14.2 Å². The number of nitrogens with zero attached hydrogens (tertiary/aromatic N) is 1. The molecule has 0 heterocycles. The van der Waals surface area contributed by atoms with Crippen LogP contribution in [0.3, 0.4) is 0 Å². The lowest BCUT2D eigenvalue weighted by atomic mass is 10.0. The van der Waals surface area contributed by atoms with Gasteiger partial charge in [0.1, 0.15) is 19.3 Å². The van der Waals surface area contributed by atoms with Crippen molar-refractivity contribution in [3.8, 4) is 0 Å². The minimum Gasteiger partial charge on any atom is -0.756 e. The highest BCUT2D eigenvalue weighted by Gasteiger charge is 2.27. The Balaban J connectivity index is 5.13. The Labute approximate surface area is 503 Å². The fraction of sp³-hybridized carbons (Fsp3) is 0.859. The average molecular weight is 1160 g/mol. The summed E-state index contributed by atoms with van der Waals surface area (Å²) in [6.07, 6.45) is 76.5. The Morgan fingerprint density at radius 3 is 1.15 bits per heavy atom. The summed E-state index contributed by atoms with van der Waals surface area (Å²) in [6.45, 7) is 6.86. The van der Waals surface area contributed by atoms with Gasteiger partial charge in [0.25, 0.3) is 7.82 Å². The first-order valence-electron chi connectivity index (χ1n) is 34.9. The van der Waals surface area contributed by atoms with Crippen molar-refractivity contribution in [2.24, 2.45) is 0 Å². The van der Waals surface area contributed by atoms with Gasteiger partial charge in [-0.25, -0.2) is 0 Å². The number of nitrogens with one attached hydrogen (secondary N) is 1. The number of phosphoric ester groups is 1. The van der Waals surface area contributed by atoms with Crippen molar-refractivity contribution >= 4 is 19.7 Å².